The van der Waals surface area contributed by atoms with Gasteiger partial charge in [0.2, 0.25) is 5.91 Å². The van der Waals surface area contributed by atoms with E-state index in [2.05, 4.69) is 0 Å². The van der Waals surface area contributed by atoms with Crippen molar-refractivity contribution in [2.24, 2.45) is 5.92 Å². The van der Waals surface area contributed by atoms with Gasteiger partial charge in [-0.2, -0.15) is 0 Å². The molecule has 0 saturated heterocycles. The predicted octanol–water partition coefficient (Wildman–Crippen LogP) is 2.14. The fourth-order valence-electron chi connectivity index (χ4n) is 2.01. The van der Waals surface area contributed by atoms with Gasteiger partial charge < -0.3 is 9.32 Å². The standard InChI is InChI=1S/C14H22N2O2/c1-11(13-5-4-8-18-13)15(2)10-14(17)16(3)9-12-6-7-12/h4-5,8,11-12H,6-7,9-10H2,1-3H3. The van der Waals surface area contributed by atoms with Crippen LogP contribution in [-0.4, -0.2) is 42.9 Å². The van der Waals surface area contributed by atoms with Gasteiger partial charge in [-0.1, -0.05) is 0 Å². The van der Waals surface area contributed by atoms with Crippen LogP contribution in [0, 0.1) is 5.92 Å². The zero-order valence-corrected chi connectivity index (χ0v) is 11.4. The molecule has 100 valence electrons. The molecule has 1 amide bonds. The third-order valence-corrected chi connectivity index (χ3v) is 3.66. The molecule has 2 rings (SSSR count). The topological polar surface area (TPSA) is 36.7 Å². The molecule has 1 saturated carbocycles. The summed E-state index contributed by atoms with van der Waals surface area (Å²) in [7, 11) is 3.85. The predicted molar refractivity (Wildman–Crippen MR) is 70.1 cm³/mol. The molecule has 0 radical (unpaired) electrons. The Morgan fingerprint density at radius 1 is 1.50 bits per heavy atom. The van der Waals surface area contributed by atoms with Crippen molar-refractivity contribution in [1.29, 1.82) is 0 Å². The molecule has 0 bridgehead atoms. The van der Waals surface area contributed by atoms with E-state index in [9.17, 15) is 4.79 Å². The second-order valence-electron chi connectivity index (χ2n) is 5.32. The zero-order chi connectivity index (χ0) is 13.1. The molecule has 1 aliphatic rings. The minimum Gasteiger partial charge on any atom is -0.468 e. The first-order valence-electron chi connectivity index (χ1n) is 6.55. The summed E-state index contributed by atoms with van der Waals surface area (Å²) < 4.78 is 5.37. The average molecular weight is 250 g/mol. The van der Waals surface area contributed by atoms with Crippen LogP contribution in [0.5, 0.6) is 0 Å². The highest BCUT2D eigenvalue weighted by Crippen LogP contribution is 2.29. The molecular formula is C14H22N2O2. The largest absolute Gasteiger partial charge is 0.468 e. The van der Waals surface area contributed by atoms with Crippen molar-refractivity contribution >= 4 is 5.91 Å². The maximum atomic E-state index is 12.0. The van der Waals surface area contributed by atoms with Crippen molar-refractivity contribution in [2.75, 3.05) is 27.2 Å². The van der Waals surface area contributed by atoms with Gasteiger partial charge in [0, 0.05) is 13.6 Å². The number of rotatable bonds is 6. The molecule has 1 atom stereocenters. The van der Waals surface area contributed by atoms with Crippen LogP contribution in [0.4, 0.5) is 0 Å². The number of amides is 1. The first kappa shape index (κ1) is 13.1. The summed E-state index contributed by atoms with van der Waals surface area (Å²) in [6.45, 7) is 3.39. The normalized spacial score (nSPS) is 16.9. The van der Waals surface area contributed by atoms with E-state index in [0.29, 0.717) is 6.54 Å². The molecule has 1 fully saturated rings. The number of likely N-dealkylation sites (N-methyl/N-ethyl adjacent to an activating group) is 2. The highest BCUT2D eigenvalue weighted by Gasteiger charge is 2.26. The minimum absolute atomic E-state index is 0.123. The lowest BCUT2D eigenvalue weighted by molar-refractivity contribution is -0.131. The van der Waals surface area contributed by atoms with Crippen LogP contribution >= 0.6 is 0 Å². The molecule has 1 heterocycles. The van der Waals surface area contributed by atoms with Crippen molar-refractivity contribution in [1.82, 2.24) is 9.80 Å². The molecule has 0 N–H and O–H groups in total. The summed E-state index contributed by atoms with van der Waals surface area (Å²) in [4.78, 5) is 15.9. The molecule has 18 heavy (non-hydrogen) atoms. The van der Waals surface area contributed by atoms with E-state index in [1.54, 1.807) is 6.26 Å². The lowest BCUT2D eigenvalue weighted by Gasteiger charge is -2.25. The van der Waals surface area contributed by atoms with Crippen LogP contribution in [0.1, 0.15) is 31.6 Å². The Labute approximate surface area is 109 Å². The minimum atomic E-state index is 0.123. The van der Waals surface area contributed by atoms with E-state index in [-0.39, 0.29) is 11.9 Å². The van der Waals surface area contributed by atoms with Gasteiger partial charge in [-0.3, -0.25) is 9.69 Å². The zero-order valence-electron chi connectivity index (χ0n) is 11.4. The van der Waals surface area contributed by atoms with Gasteiger partial charge in [0.25, 0.3) is 0 Å². The van der Waals surface area contributed by atoms with Crippen LogP contribution in [0.15, 0.2) is 22.8 Å². The summed E-state index contributed by atoms with van der Waals surface area (Å²) in [5, 5.41) is 0. The molecule has 1 unspecified atom stereocenters. The lowest BCUT2D eigenvalue weighted by atomic mass is 10.2. The third kappa shape index (κ3) is 3.35. The summed E-state index contributed by atoms with van der Waals surface area (Å²) in [5.74, 6) is 1.82. The van der Waals surface area contributed by atoms with E-state index >= 15 is 0 Å². The summed E-state index contributed by atoms with van der Waals surface area (Å²) >= 11 is 0. The number of carbonyl (C=O) groups is 1. The molecular weight excluding hydrogens is 228 g/mol. The Bertz CT molecular complexity index is 385. The van der Waals surface area contributed by atoms with E-state index in [1.165, 1.54) is 12.8 Å². The molecule has 1 aromatic heterocycles. The van der Waals surface area contributed by atoms with Crippen LogP contribution in [-0.2, 0) is 4.79 Å². The summed E-state index contributed by atoms with van der Waals surface area (Å²) in [6.07, 6.45) is 4.22. The van der Waals surface area contributed by atoms with Gasteiger partial charge in [0.05, 0.1) is 18.8 Å². The van der Waals surface area contributed by atoms with Crippen LogP contribution in [0.2, 0.25) is 0 Å². The first-order chi connectivity index (χ1) is 8.58. The van der Waals surface area contributed by atoms with Crippen molar-refractivity contribution in [3.63, 3.8) is 0 Å². The van der Waals surface area contributed by atoms with Crippen molar-refractivity contribution in [2.45, 2.75) is 25.8 Å². The van der Waals surface area contributed by atoms with E-state index in [4.69, 9.17) is 4.42 Å². The number of furan rings is 1. The first-order valence-corrected chi connectivity index (χ1v) is 6.55. The van der Waals surface area contributed by atoms with Crippen LogP contribution in [0.25, 0.3) is 0 Å². The number of carbonyl (C=O) groups excluding carboxylic acids is 1. The van der Waals surface area contributed by atoms with Crippen LogP contribution in [0.3, 0.4) is 0 Å². The molecule has 1 aromatic rings. The maximum Gasteiger partial charge on any atom is 0.236 e. The molecule has 4 nitrogen and oxygen atoms in total. The van der Waals surface area contributed by atoms with E-state index in [0.717, 1.165) is 18.2 Å². The number of hydrogen-bond acceptors (Lipinski definition) is 3. The van der Waals surface area contributed by atoms with Crippen molar-refractivity contribution in [3.05, 3.63) is 24.2 Å². The second kappa shape index (κ2) is 5.57. The fourth-order valence-corrected chi connectivity index (χ4v) is 2.01. The summed E-state index contributed by atoms with van der Waals surface area (Å²) in [6, 6.07) is 3.94. The van der Waals surface area contributed by atoms with Gasteiger partial charge in [-0.15, -0.1) is 0 Å². The maximum absolute atomic E-state index is 12.0. The van der Waals surface area contributed by atoms with E-state index < -0.39 is 0 Å². The highest BCUT2D eigenvalue weighted by molar-refractivity contribution is 5.78. The van der Waals surface area contributed by atoms with Gasteiger partial charge in [0.15, 0.2) is 0 Å². The quantitative estimate of drug-likeness (QED) is 0.776. The SMILES string of the molecule is CC(c1ccco1)N(C)CC(=O)N(C)CC1CC1. The van der Waals surface area contributed by atoms with Gasteiger partial charge in [-0.25, -0.2) is 0 Å². The Kier molecular flexibility index (Phi) is 4.07. The Balaban J connectivity index is 1.82. The second-order valence-corrected chi connectivity index (χ2v) is 5.32. The molecule has 0 aromatic carbocycles. The van der Waals surface area contributed by atoms with Crippen LogP contribution < -0.4 is 0 Å². The van der Waals surface area contributed by atoms with Gasteiger partial charge >= 0.3 is 0 Å². The monoisotopic (exact) mass is 250 g/mol. The Hall–Kier alpha value is -1.29. The van der Waals surface area contributed by atoms with Gasteiger partial charge in [0.1, 0.15) is 5.76 Å². The molecule has 0 spiro atoms. The third-order valence-electron chi connectivity index (χ3n) is 3.66. The average Bonchev–Trinajstić information content (AvgIpc) is 2.98. The van der Waals surface area contributed by atoms with Gasteiger partial charge in [-0.05, 0) is 44.9 Å². The van der Waals surface area contributed by atoms with Crippen molar-refractivity contribution < 1.29 is 9.21 Å². The summed E-state index contributed by atoms with van der Waals surface area (Å²) in [5.41, 5.74) is 0. The number of hydrogen-bond donors (Lipinski definition) is 0. The molecule has 4 heteroatoms. The highest BCUT2D eigenvalue weighted by atomic mass is 16.3. The number of nitrogens with zero attached hydrogens (tertiary/aromatic N) is 2. The van der Waals surface area contributed by atoms with E-state index in [1.807, 2.05) is 43.0 Å². The molecule has 1 aliphatic carbocycles. The smallest absolute Gasteiger partial charge is 0.236 e. The fraction of sp³-hybridized carbons (Fsp3) is 0.643. The molecule has 0 aliphatic heterocycles. The van der Waals surface area contributed by atoms with Crippen molar-refractivity contribution in [3.8, 4) is 0 Å². The lowest BCUT2D eigenvalue weighted by Crippen LogP contribution is -2.38. The Morgan fingerprint density at radius 2 is 2.22 bits per heavy atom. The Morgan fingerprint density at radius 3 is 2.78 bits per heavy atom.